The highest BCUT2D eigenvalue weighted by Gasteiger charge is 2.16. The maximum atomic E-state index is 12.4. The van der Waals surface area contributed by atoms with E-state index < -0.39 is 29.3 Å². The van der Waals surface area contributed by atoms with Crippen LogP contribution in [-0.2, 0) is 26.1 Å². The molecular weight excluding hydrogens is 418 g/mol. The Morgan fingerprint density at radius 1 is 1.06 bits per heavy atom. The Morgan fingerprint density at radius 2 is 1.77 bits per heavy atom. The lowest BCUT2D eigenvalue weighted by molar-refractivity contribution is -0.119. The summed E-state index contributed by atoms with van der Waals surface area (Å²) in [5.74, 6) is -0.115. The summed E-state index contributed by atoms with van der Waals surface area (Å²) >= 11 is 0. The lowest BCUT2D eigenvalue weighted by Crippen LogP contribution is -2.23. The lowest BCUT2D eigenvalue weighted by Gasteiger charge is -2.09. The van der Waals surface area contributed by atoms with Crippen LogP contribution in [-0.4, -0.2) is 48.7 Å². The number of amides is 1. The summed E-state index contributed by atoms with van der Waals surface area (Å²) < 4.78 is 17.9. The van der Waals surface area contributed by atoms with Gasteiger partial charge in [-0.3, -0.25) is 9.00 Å². The predicted molar refractivity (Wildman–Crippen MR) is 116 cm³/mol. The van der Waals surface area contributed by atoms with E-state index in [2.05, 4.69) is 20.4 Å². The number of rotatable bonds is 7. The number of aryl methyl sites for hydroxylation is 3. The summed E-state index contributed by atoms with van der Waals surface area (Å²) in [6, 6.07) is 10.2. The maximum absolute atomic E-state index is 12.4. The van der Waals surface area contributed by atoms with E-state index >= 15 is 0 Å². The van der Waals surface area contributed by atoms with E-state index in [0.29, 0.717) is 28.8 Å². The van der Waals surface area contributed by atoms with Gasteiger partial charge in [-0.2, -0.15) is 9.78 Å². The molecule has 0 aliphatic heterocycles. The SMILES string of the molecule is Cc1cc(C)nc(-n2nc(C)cc2NC(=O)COC(=O)c2cccc(CS(C)=O)c2)n1. The lowest BCUT2D eigenvalue weighted by atomic mass is 10.1. The summed E-state index contributed by atoms with van der Waals surface area (Å²) in [6.07, 6.45) is 1.59. The fourth-order valence-electron chi connectivity index (χ4n) is 2.96. The van der Waals surface area contributed by atoms with Gasteiger partial charge in [-0.05, 0) is 44.5 Å². The zero-order chi connectivity index (χ0) is 22.5. The molecule has 1 atom stereocenters. The minimum absolute atomic E-state index is 0.292. The third-order valence-electron chi connectivity index (χ3n) is 4.13. The van der Waals surface area contributed by atoms with Crippen molar-refractivity contribution in [2.75, 3.05) is 18.2 Å². The van der Waals surface area contributed by atoms with Crippen molar-refractivity contribution in [1.29, 1.82) is 0 Å². The van der Waals surface area contributed by atoms with Crippen molar-refractivity contribution in [3.05, 3.63) is 64.6 Å². The summed E-state index contributed by atoms with van der Waals surface area (Å²) in [6.45, 7) is 5.00. The van der Waals surface area contributed by atoms with Crippen molar-refractivity contribution >= 4 is 28.5 Å². The molecule has 0 bridgehead atoms. The zero-order valence-corrected chi connectivity index (χ0v) is 18.5. The van der Waals surface area contributed by atoms with Gasteiger partial charge in [0.15, 0.2) is 6.61 Å². The number of carbonyl (C=O) groups excluding carboxylic acids is 2. The van der Waals surface area contributed by atoms with Gasteiger partial charge >= 0.3 is 5.97 Å². The van der Waals surface area contributed by atoms with E-state index in [1.54, 1.807) is 43.5 Å². The summed E-state index contributed by atoms with van der Waals surface area (Å²) in [5, 5.41) is 7.01. The van der Waals surface area contributed by atoms with Crippen LogP contribution in [0.5, 0.6) is 0 Å². The number of anilines is 1. The molecular formula is C21H23N5O4S. The summed E-state index contributed by atoms with van der Waals surface area (Å²) in [7, 11) is -1.03. The van der Waals surface area contributed by atoms with E-state index in [0.717, 1.165) is 17.0 Å². The third-order valence-corrected chi connectivity index (χ3v) is 4.87. The normalized spacial score (nSPS) is 11.7. The van der Waals surface area contributed by atoms with Crippen molar-refractivity contribution in [1.82, 2.24) is 19.7 Å². The van der Waals surface area contributed by atoms with Crippen LogP contribution in [0.3, 0.4) is 0 Å². The van der Waals surface area contributed by atoms with Crippen LogP contribution < -0.4 is 5.32 Å². The first-order valence-corrected chi connectivity index (χ1v) is 11.2. The van der Waals surface area contributed by atoms with Gasteiger partial charge in [-0.1, -0.05) is 12.1 Å². The van der Waals surface area contributed by atoms with E-state index in [-0.39, 0.29) is 0 Å². The van der Waals surface area contributed by atoms with Crippen molar-refractivity contribution in [2.24, 2.45) is 0 Å². The number of nitrogens with zero attached hydrogens (tertiary/aromatic N) is 4. The molecule has 0 radical (unpaired) electrons. The van der Waals surface area contributed by atoms with Gasteiger partial charge in [0.05, 0.1) is 11.3 Å². The molecule has 9 nitrogen and oxygen atoms in total. The van der Waals surface area contributed by atoms with Crippen LogP contribution in [0.15, 0.2) is 36.4 Å². The summed E-state index contributed by atoms with van der Waals surface area (Å²) in [5.41, 5.74) is 3.26. The molecule has 0 aliphatic rings. The molecule has 0 fully saturated rings. The Kier molecular flexibility index (Phi) is 6.91. The monoisotopic (exact) mass is 441 g/mol. The number of nitrogens with one attached hydrogen (secondary N) is 1. The third kappa shape index (κ3) is 6.05. The van der Waals surface area contributed by atoms with Gasteiger partial charge in [0.1, 0.15) is 5.82 Å². The van der Waals surface area contributed by atoms with Gasteiger partial charge < -0.3 is 10.1 Å². The molecule has 1 aromatic carbocycles. The molecule has 162 valence electrons. The molecule has 10 heteroatoms. The van der Waals surface area contributed by atoms with Crippen molar-refractivity contribution < 1.29 is 18.5 Å². The molecule has 3 aromatic rings. The second kappa shape index (κ2) is 9.61. The molecule has 0 spiro atoms. The first-order chi connectivity index (χ1) is 14.7. The van der Waals surface area contributed by atoms with Crippen LogP contribution in [0.4, 0.5) is 5.82 Å². The van der Waals surface area contributed by atoms with Crippen LogP contribution >= 0.6 is 0 Å². The van der Waals surface area contributed by atoms with Crippen LogP contribution in [0, 0.1) is 20.8 Å². The molecule has 1 amide bonds. The Bertz CT molecular complexity index is 1140. The number of benzene rings is 1. The second-order valence-electron chi connectivity index (χ2n) is 7.08. The van der Waals surface area contributed by atoms with Gasteiger partial charge in [-0.15, -0.1) is 0 Å². The minimum Gasteiger partial charge on any atom is -0.452 e. The second-order valence-corrected chi connectivity index (χ2v) is 8.51. The Balaban J connectivity index is 1.67. The van der Waals surface area contributed by atoms with E-state index in [9.17, 15) is 13.8 Å². The number of esters is 1. The number of ether oxygens (including phenoxy) is 1. The fraction of sp³-hybridized carbons (Fsp3) is 0.286. The Hall–Kier alpha value is -3.40. The Morgan fingerprint density at radius 3 is 2.45 bits per heavy atom. The molecule has 1 unspecified atom stereocenters. The molecule has 31 heavy (non-hydrogen) atoms. The average Bonchev–Trinajstić information content (AvgIpc) is 3.05. The highest BCUT2D eigenvalue weighted by molar-refractivity contribution is 7.83. The van der Waals surface area contributed by atoms with Gasteiger partial charge in [-0.25, -0.2) is 14.8 Å². The number of aromatic nitrogens is 4. The smallest absolute Gasteiger partial charge is 0.338 e. The largest absolute Gasteiger partial charge is 0.452 e. The van der Waals surface area contributed by atoms with E-state index in [1.165, 1.54) is 4.68 Å². The first kappa shape index (κ1) is 22.3. The molecule has 2 aromatic heterocycles. The predicted octanol–water partition coefficient (Wildman–Crippen LogP) is 2.26. The van der Waals surface area contributed by atoms with E-state index in [4.69, 9.17) is 4.74 Å². The van der Waals surface area contributed by atoms with Gasteiger partial charge in [0, 0.05) is 40.3 Å². The van der Waals surface area contributed by atoms with E-state index in [1.807, 2.05) is 19.9 Å². The number of hydrogen-bond donors (Lipinski definition) is 1. The summed E-state index contributed by atoms with van der Waals surface area (Å²) in [4.78, 5) is 33.4. The highest BCUT2D eigenvalue weighted by atomic mass is 32.2. The Labute approximate surface area is 182 Å². The van der Waals surface area contributed by atoms with Crippen molar-refractivity contribution in [2.45, 2.75) is 26.5 Å². The molecule has 0 aliphatic carbocycles. The molecule has 1 N–H and O–H groups in total. The minimum atomic E-state index is -1.03. The fourth-order valence-corrected chi connectivity index (χ4v) is 3.61. The molecule has 0 saturated heterocycles. The van der Waals surface area contributed by atoms with Crippen molar-refractivity contribution in [3.63, 3.8) is 0 Å². The number of hydrogen-bond acceptors (Lipinski definition) is 7. The van der Waals surface area contributed by atoms with Crippen LogP contribution in [0.2, 0.25) is 0 Å². The van der Waals surface area contributed by atoms with Crippen molar-refractivity contribution in [3.8, 4) is 5.95 Å². The van der Waals surface area contributed by atoms with Crippen LogP contribution in [0.25, 0.3) is 5.95 Å². The van der Waals surface area contributed by atoms with Gasteiger partial charge in [0.25, 0.3) is 11.9 Å². The molecule has 2 heterocycles. The van der Waals surface area contributed by atoms with Gasteiger partial charge in [0.2, 0.25) is 0 Å². The highest BCUT2D eigenvalue weighted by Crippen LogP contribution is 2.15. The zero-order valence-electron chi connectivity index (χ0n) is 17.7. The van der Waals surface area contributed by atoms with Crippen LogP contribution in [0.1, 0.15) is 33.0 Å². The maximum Gasteiger partial charge on any atom is 0.338 e. The first-order valence-electron chi connectivity index (χ1n) is 9.46. The number of carbonyl (C=O) groups is 2. The molecule has 0 saturated carbocycles. The molecule has 3 rings (SSSR count). The average molecular weight is 442 g/mol. The topological polar surface area (TPSA) is 116 Å². The standard InChI is InChI=1S/C21H23N5O4S/c1-13-8-14(2)23-21(22-13)26-18(9-15(3)25-26)24-19(27)11-30-20(28)17-7-5-6-16(10-17)12-31(4)29/h5-10H,11-12H2,1-4H3,(H,24,27). The quantitative estimate of drug-likeness (QED) is 0.559.